The van der Waals surface area contributed by atoms with Crippen molar-refractivity contribution >= 4 is 34.4 Å². The van der Waals surface area contributed by atoms with Crippen LogP contribution in [0.5, 0.6) is 11.5 Å². The van der Waals surface area contributed by atoms with E-state index in [9.17, 15) is 14.7 Å². The summed E-state index contributed by atoms with van der Waals surface area (Å²) in [5, 5.41) is 14.0. The van der Waals surface area contributed by atoms with Gasteiger partial charge in [0.05, 0.1) is 11.9 Å². The molecular weight excluding hydrogens is 463 g/mol. The van der Waals surface area contributed by atoms with Crippen molar-refractivity contribution in [3.05, 3.63) is 70.1 Å². The summed E-state index contributed by atoms with van der Waals surface area (Å²) in [6, 6.07) is 16.2. The fourth-order valence-corrected chi connectivity index (χ4v) is 2.50. The summed E-state index contributed by atoms with van der Waals surface area (Å²) in [7, 11) is 0. The van der Waals surface area contributed by atoms with Gasteiger partial charge in [-0.1, -0.05) is 18.2 Å². The maximum atomic E-state index is 12.1. The van der Waals surface area contributed by atoms with E-state index in [-0.39, 0.29) is 18.1 Å². The fraction of sp³-hybridized carbons (Fsp3) is 0.0556. The molecule has 0 fully saturated rings. The molecule has 27 heavy (non-hydrogen) atoms. The summed E-state index contributed by atoms with van der Waals surface area (Å²) in [6.07, 6.45) is 1.31. The quantitative estimate of drug-likeness (QED) is 0.385. The molecule has 9 heteroatoms. The lowest BCUT2D eigenvalue weighted by molar-refractivity contribution is -0.123. The van der Waals surface area contributed by atoms with Gasteiger partial charge in [0.15, 0.2) is 18.1 Å². The molecule has 3 N–H and O–H groups in total. The van der Waals surface area contributed by atoms with Gasteiger partial charge in [-0.05, 0) is 59.0 Å². The molecule has 0 atom stereocenters. The molecule has 8 nitrogen and oxygen atoms in total. The predicted molar refractivity (Wildman–Crippen MR) is 105 cm³/mol. The van der Waals surface area contributed by atoms with E-state index in [1.807, 2.05) is 30.3 Å². The van der Waals surface area contributed by atoms with Crippen LogP contribution in [0.2, 0.25) is 0 Å². The second kappa shape index (κ2) is 8.54. The molecule has 138 valence electrons. The Morgan fingerprint density at radius 1 is 1.07 bits per heavy atom. The van der Waals surface area contributed by atoms with Crippen LogP contribution in [0, 0.1) is 3.57 Å². The van der Waals surface area contributed by atoms with Crippen molar-refractivity contribution in [1.29, 1.82) is 0 Å². The number of hydrogen-bond donors (Lipinski definition) is 3. The number of rotatable bonds is 5. The molecule has 0 aliphatic rings. The molecule has 0 saturated carbocycles. The third kappa shape index (κ3) is 4.97. The zero-order valence-electron chi connectivity index (χ0n) is 13.9. The van der Waals surface area contributed by atoms with Crippen LogP contribution in [0.15, 0.2) is 60.8 Å². The van der Waals surface area contributed by atoms with Crippen LogP contribution in [0.3, 0.4) is 0 Å². The van der Waals surface area contributed by atoms with Crippen molar-refractivity contribution in [1.82, 2.24) is 20.6 Å². The molecule has 1 heterocycles. The largest absolute Gasteiger partial charge is 0.504 e. The third-order valence-corrected chi connectivity index (χ3v) is 4.15. The summed E-state index contributed by atoms with van der Waals surface area (Å²) in [6.45, 7) is -0.273. The fourth-order valence-electron chi connectivity index (χ4n) is 2.14. The highest BCUT2D eigenvalue weighted by molar-refractivity contribution is 14.1. The Hall–Kier alpha value is -3.08. The van der Waals surface area contributed by atoms with Gasteiger partial charge >= 0.3 is 0 Å². The molecule has 0 radical (unpaired) electrons. The molecule has 3 aromatic rings. The van der Waals surface area contributed by atoms with E-state index in [2.05, 4.69) is 38.5 Å². The lowest BCUT2D eigenvalue weighted by Crippen LogP contribution is -2.44. The van der Waals surface area contributed by atoms with Crippen LogP contribution in [0.4, 0.5) is 0 Å². The molecule has 0 unspecified atom stereocenters. The number of hydrazine groups is 1. The van der Waals surface area contributed by atoms with Gasteiger partial charge in [0, 0.05) is 3.57 Å². The van der Waals surface area contributed by atoms with Crippen molar-refractivity contribution < 1.29 is 19.4 Å². The minimum Gasteiger partial charge on any atom is -0.504 e. The van der Waals surface area contributed by atoms with Gasteiger partial charge in [-0.25, -0.2) is 4.68 Å². The molecule has 0 aliphatic carbocycles. The number of carbonyl (C=O) groups is 2. The van der Waals surface area contributed by atoms with E-state index in [0.29, 0.717) is 11.4 Å². The standard InChI is InChI=1S/C18H15IN4O4/c19-12-6-8-14(9-7-12)27-11-16(25)20-21-18(26)17-15(24)10-23(22-17)13-4-2-1-3-5-13/h1-10,24H,11H2,(H,20,25)(H,21,26). The molecule has 2 aromatic carbocycles. The number of benzene rings is 2. The molecule has 0 bridgehead atoms. The second-order valence-corrected chi connectivity index (χ2v) is 6.63. The topological polar surface area (TPSA) is 105 Å². The van der Waals surface area contributed by atoms with Gasteiger partial charge < -0.3 is 9.84 Å². The van der Waals surface area contributed by atoms with Gasteiger partial charge in [-0.2, -0.15) is 5.10 Å². The van der Waals surface area contributed by atoms with Crippen molar-refractivity contribution in [2.75, 3.05) is 6.61 Å². The first kappa shape index (κ1) is 18.7. The second-order valence-electron chi connectivity index (χ2n) is 5.39. The van der Waals surface area contributed by atoms with Gasteiger partial charge in [0.2, 0.25) is 0 Å². The third-order valence-electron chi connectivity index (χ3n) is 3.43. The normalized spacial score (nSPS) is 10.3. The Balaban J connectivity index is 1.54. The van der Waals surface area contributed by atoms with Crippen LogP contribution >= 0.6 is 22.6 Å². The van der Waals surface area contributed by atoms with Crippen molar-refractivity contribution in [3.63, 3.8) is 0 Å². The molecule has 2 amide bonds. The highest BCUT2D eigenvalue weighted by atomic mass is 127. The van der Waals surface area contributed by atoms with E-state index in [1.54, 1.807) is 24.3 Å². The maximum Gasteiger partial charge on any atom is 0.294 e. The van der Waals surface area contributed by atoms with Crippen LogP contribution in [-0.4, -0.2) is 33.3 Å². The number of hydrogen-bond acceptors (Lipinski definition) is 5. The summed E-state index contributed by atoms with van der Waals surface area (Å²) >= 11 is 2.16. The number of aromatic nitrogens is 2. The highest BCUT2D eigenvalue weighted by Crippen LogP contribution is 2.17. The monoisotopic (exact) mass is 478 g/mol. The van der Waals surface area contributed by atoms with Crippen LogP contribution in [-0.2, 0) is 4.79 Å². The maximum absolute atomic E-state index is 12.1. The van der Waals surface area contributed by atoms with E-state index in [0.717, 1.165) is 3.57 Å². The van der Waals surface area contributed by atoms with Gasteiger partial charge in [0.1, 0.15) is 5.75 Å². The van der Waals surface area contributed by atoms with E-state index in [4.69, 9.17) is 4.74 Å². The number of nitrogens with one attached hydrogen (secondary N) is 2. The average molecular weight is 478 g/mol. The zero-order chi connectivity index (χ0) is 19.2. The lowest BCUT2D eigenvalue weighted by atomic mass is 10.3. The van der Waals surface area contributed by atoms with Crippen molar-refractivity contribution in [3.8, 4) is 17.2 Å². The average Bonchev–Trinajstić information content (AvgIpc) is 3.08. The highest BCUT2D eigenvalue weighted by Gasteiger charge is 2.17. The number of aromatic hydroxyl groups is 1. The van der Waals surface area contributed by atoms with Crippen molar-refractivity contribution in [2.45, 2.75) is 0 Å². The summed E-state index contributed by atoms with van der Waals surface area (Å²) in [5.74, 6) is -1.06. The molecular formula is C18H15IN4O4. The first-order valence-electron chi connectivity index (χ1n) is 7.84. The number of carbonyl (C=O) groups excluding carboxylic acids is 2. The first-order chi connectivity index (χ1) is 13.0. The number of halogens is 1. The number of ether oxygens (including phenoxy) is 1. The molecule has 0 saturated heterocycles. The first-order valence-corrected chi connectivity index (χ1v) is 8.92. The van der Waals surface area contributed by atoms with E-state index >= 15 is 0 Å². The van der Waals surface area contributed by atoms with Gasteiger partial charge in [0.25, 0.3) is 11.8 Å². The Bertz CT molecular complexity index is 942. The van der Waals surface area contributed by atoms with Crippen LogP contribution in [0.1, 0.15) is 10.5 Å². The van der Waals surface area contributed by atoms with E-state index < -0.39 is 11.8 Å². The Kier molecular flexibility index (Phi) is 5.91. The summed E-state index contributed by atoms with van der Waals surface area (Å²) in [4.78, 5) is 23.9. The molecule has 0 spiro atoms. The Labute approximate surface area is 168 Å². The predicted octanol–water partition coefficient (Wildman–Crippen LogP) is 2.02. The molecule has 1 aromatic heterocycles. The Morgan fingerprint density at radius 2 is 1.78 bits per heavy atom. The van der Waals surface area contributed by atoms with Gasteiger partial charge in [-0.3, -0.25) is 20.4 Å². The van der Waals surface area contributed by atoms with Crippen molar-refractivity contribution in [2.24, 2.45) is 0 Å². The lowest BCUT2D eigenvalue weighted by Gasteiger charge is -2.08. The zero-order valence-corrected chi connectivity index (χ0v) is 16.1. The SMILES string of the molecule is O=C(COc1ccc(I)cc1)NNC(=O)c1nn(-c2ccccc2)cc1O. The minimum absolute atomic E-state index is 0.210. The van der Waals surface area contributed by atoms with E-state index in [1.165, 1.54) is 10.9 Å². The smallest absolute Gasteiger partial charge is 0.294 e. The van der Waals surface area contributed by atoms with Crippen LogP contribution < -0.4 is 15.6 Å². The minimum atomic E-state index is -0.746. The summed E-state index contributed by atoms with van der Waals surface area (Å²) in [5.41, 5.74) is 4.88. The number of para-hydroxylation sites is 1. The van der Waals surface area contributed by atoms with Crippen LogP contribution in [0.25, 0.3) is 5.69 Å². The molecule has 3 rings (SSSR count). The number of amides is 2. The number of nitrogens with zero attached hydrogens (tertiary/aromatic N) is 2. The summed E-state index contributed by atoms with van der Waals surface area (Å²) < 4.78 is 7.73. The van der Waals surface area contributed by atoms with Gasteiger partial charge in [-0.15, -0.1) is 0 Å². The Morgan fingerprint density at radius 3 is 2.48 bits per heavy atom. The molecule has 0 aliphatic heterocycles.